The minimum absolute atomic E-state index is 0.565. The summed E-state index contributed by atoms with van der Waals surface area (Å²) in [5, 5.41) is 6.60. The van der Waals surface area contributed by atoms with Crippen LogP contribution in [0.5, 0.6) is 5.75 Å². The second kappa shape index (κ2) is 11.8. The summed E-state index contributed by atoms with van der Waals surface area (Å²) in [5.41, 5.74) is 1.27. The van der Waals surface area contributed by atoms with Gasteiger partial charge in [-0.3, -0.25) is 4.99 Å². The summed E-state index contributed by atoms with van der Waals surface area (Å²) in [6, 6.07) is 8.15. The van der Waals surface area contributed by atoms with Crippen molar-refractivity contribution in [3.05, 3.63) is 29.8 Å². The molecule has 0 aromatic heterocycles. The number of rotatable bonds is 10. The summed E-state index contributed by atoms with van der Waals surface area (Å²) in [6.07, 6.45) is 0.943. The van der Waals surface area contributed by atoms with Crippen LogP contribution in [-0.4, -0.2) is 45.9 Å². The van der Waals surface area contributed by atoms with Gasteiger partial charge in [0.15, 0.2) is 5.96 Å². The Labute approximate surface area is 140 Å². The van der Waals surface area contributed by atoms with Gasteiger partial charge in [-0.2, -0.15) is 0 Å². The molecule has 0 saturated carbocycles. The number of hydrogen-bond donors (Lipinski definition) is 2. The van der Waals surface area contributed by atoms with E-state index in [0.29, 0.717) is 19.1 Å². The Hall–Kier alpha value is -1.75. The van der Waals surface area contributed by atoms with Crippen molar-refractivity contribution in [2.24, 2.45) is 10.9 Å². The summed E-state index contributed by atoms with van der Waals surface area (Å²) in [7, 11) is 1.68. The van der Waals surface area contributed by atoms with Gasteiger partial charge in [0, 0.05) is 19.7 Å². The lowest BCUT2D eigenvalue weighted by atomic mass is 10.1. The summed E-state index contributed by atoms with van der Waals surface area (Å²) >= 11 is 0. The molecule has 0 radical (unpaired) electrons. The highest BCUT2D eigenvalue weighted by molar-refractivity contribution is 5.79. The maximum absolute atomic E-state index is 5.54. The molecule has 1 aromatic carbocycles. The summed E-state index contributed by atoms with van der Waals surface area (Å²) in [5.74, 6) is 2.29. The third kappa shape index (κ3) is 9.08. The number of benzene rings is 1. The van der Waals surface area contributed by atoms with E-state index < -0.39 is 0 Å². The van der Waals surface area contributed by atoms with Crippen LogP contribution in [0.25, 0.3) is 0 Å². The predicted molar refractivity (Wildman–Crippen MR) is 96.3 cm³/mol. The number of ether oxygens (including phenoxy) is 2. The van der Waals surface area contributed by atoms with E-state index in [2.05, 4.69) is 48.5 Å². The molecule has 1 rings (SSSR count). The van der Waals surface area contributed by atoms with Crippen molar-refractivity contribution in [2.45, 2.75) is 27.2 Å². The molecule has 0 aliphatic rings. The Morgan fingerprint density at radius 3 is 2.52 bits per heavy atom. The molecule has 0 saturated heterocycles. The van der Waals surface area contributed by atoms with Crippen LogP contribution in [0, 0.1) is 5.92 Å². The quantitative estimate of drug-likeness (QED) is 0.395. The number of guanidine groups is 1. The average Bonchev–Trinajstić information content (AvgIpc) is 2.55. The highest BCUT2D eigenvalue weighted by atomic mass is 16.5. The van der Waals surface area contributed by atoms with Crippen molar-refractivity contribution in [2.75, 3.05) is 40.0 Å². The molecule has 23 heavy (non-hydrogen) atoms. The van der Waals surface area contributed by atoms with Gasteiger partial charge in [-0.05, 0) is 37.0 Å². The minimum atomic E-state index is 0.565. The molecule has 0 unspecified atom stereocenters. The van der Waals surface area contributed by atoms with Crippen LogP contribution in [0.4, 0.5) is 0 Å². The van der Waals surface area contributed by atoms with Gasteiger partial charge in [-0.1, -0.05) is 26.0 Å². The van der Waals surface area contributed by atoms with Gasteiger partial charge < -0.3 is 20.1 Å². The Bertz CT molecular complexity index is 444. The number of nitrogens with zero attached hydrogens (tertiary/aromatic N) is 1. The van der Waals surface area contributed by atoms with Gasteiger partial charge in [0.05, 0.1) is 20.3 Å². The largest absolute Gasteiger partial charge is 0.497 e. The molecular weight excluding hydrogens is 290 g/mol. The average molecular weight is 321 g/mol. The van der Waals surface area contributed by atoms with Crippen LogP contribution in [0.3, 0.4) is 0 Å². The van der Waals surface area contributed by atoms with Crippen molar-refractivity contribution >= 4 is 5.96 Å². The molecule has 0 amide bonds. The van der Waals surface area contributed by atoms with E-state index in [-0.39, 0.29) is 0 Å². The topological polar surface area (TPSA) is 54.9 Å². The fourth-order valence-corrected chi connectivity index (χ4v) is 2.00. The van der Waals surface area contributed by atoms with Crippen LogP contribution in [0.1, 0.15) is 26.3 Å². The second-order valence-electron chi connectivity index (χ2n) is 5.75. The molecule has 1 aromatic rings. The van der Waals surface area contributed by atoms with Gasteiger partial charge in [0.1, 0.15) is 5.75 Å². The van der Waals surface area contributed by atoms with E-state index >= 15 is 0 Å². The fourth-order valence-electron chi connectivity index (χ4n) is 2.00. The SMILES string of the molecule is CCNC(=NCCOCC(C)C)NCCc1ccc(OC)cc1. The first-order chi connectivity index (χ1) is 11.2. The van der Waals surface area contributed by atoms with E-state index in [1.165, 1.54) is 5.56 Å². The Balaban J connectivity index is 2.30. The summed E-state index contributed by atoms with van der Waals surface area (Å²) in [6.45, 7) is 10.2. The van der Waals surface area contributed by atoms with E-state index in [9.17, 15) is 0 Å². The molecule has 0 atom stereocenters. The lowest BCUT2D eigenvalue weighted by molar-refractivity contribution is 0.117. The molecule has 130 valence electrons. The van der Waals surface area contributed by atoms with Crippen molar-refractivity contribution in [3.63, 3.8) is 0 Å². The van der Waals surface area contributed by atoms with E-state index in [1.54, 1.807) is 7.11 Å². The molecule has 0 bridgehead atoms. The molecule has 0 fully saturated rings. The van der Waals surface area contributed by atoms with E-state index in [4.69, 9.17) is 9.47 Å². The van der Waals surface area contributed by atoms with Gasteiger partial charge in [0.25, 0.3) is 0 Å². The van der Waals surface area contributed by atoms with Gasteiger partial charge >= 0.3 is 0 Å². The van der Waals surface area contributed by atoms with Crippen LogP contribution in [0.2, 0.25) is 0 Å². The van der Waals surface area contributed by atoms with E-state index in [0.717, 1.165) is 37.8 Å². The van der Waals surface area contributed by atoms with Crippen molar-refractivity contribution in [1.29, 1.82) is 0 Å². The molecule has 2 N–H and O–H groups in total. The zero-order valence-corrected chi connectivity index (χ0v) is 14.9. The molecule has 0 heterocycles. The molecule has 5 heteroatoms. The fraction of sp³-hybridized carbons (Fsp3) is 0.611. The number of nitrogens with one attached hydrogen (secondary N) is 2. The molecule has 5 nitrogen and oxygen atoms in total. The first kappa shape index (κ1) is 19.3. The monoisotopic (exact) mass is 321 g/mol. The molecule has 0 aliphatic heterocycles. The Kier molecular flexibility index (Phi) is 9.87. The Morgan fingerprint density at radius 1 is 1.17 bits per heavy atom. The Morgan fingerprint density at radius 2 is 1.91 bits per heavy atom. The van der Waals surface area contributed by atoms with Crippen molar-refractivity contribution in [1.82, 2.24) is 10.6 Å². The minimum Gasteiger partial charge on any atom is -0.497 e. The highest BCUT2D eigenvalue weighted by Gasteiger charge is 1.99. The van der Waals surface area contributed by atoms with Crippen molar-refractivity contribution in [3.8, 4) is 5.75 Å². The highest BCUT2D eigenvalue weighted by Crippen LogP contribution is 2.11. The van der Waals surface area contributed by atoms with Crippen LogP contribution >= 0.6 is 0 Å². The normalized spacial score (nSPS) is 11.6. The second-order valence-corrected chi connectivity index (χ2v) is 5.75. The van der Waals surface area contributed by atoms with Gasteiger partial charge in [0.2, 0.25) is 0 Å². The van der Waals surface area contributed by atoms with Crippen LogP contribution in [-0.2, 0) is 11.2 Å². The van der Waals surface area contributed by atoms with E-state index in [1.807, 2.05) is 12.1 Å². The third-order valence-corrected chi connectivity index (χ3v) is 3.17. The smallest absolute Gasteiger partial charge is 0.191 e. The third-order valence-electron chi connectivity index (χ3n) is 3.17. The number of methoxy groups -OCH3 is 1. The predicted octanol–water partition coefficient (Wildman–Crippen LogP) is 2.47. The maximum Gasteiger partial charge on any atom is 0.191 e. The van der Waals surface area contributed by atoms with Crippen LogP contribution < -0.4 is 15.4 Å². The number of aliphatic imine (C=N–C) groups is 1. The van der Waals surface area contributed by atoms with Crippen LogP contribution in [0.15, 0.2) is 29.3 Å². The lowest BCUT2D eigenvalue weighted by Gasteiger charge is -2.12. The molecule has 0 aliphatic carbocycles. The molecular formula is C18H31N3O2. The standard InChI is InChI=1S/C18H31N3O2/c1-5-19-18(21-12-13-23-14-15(2)3)20-11-10-16-6-8-17(22-4)9-7-16/h6-9,15H,5,10-14H2,1-4H3,(H2,19,20,21). The van der Waals surface area contributed by atoms with Gasteiger partial charge in [-0.25, -0.2) is 0 Å². The molecule has 0 spiro atoms. The maximum atomic E-state index is 5.54. The van der Waals surface area contributed by atoms with Crippen molar-refractivity contribution < 1.29 is 9.47 Å². The summed E-state index contributed by atoms with van der Waals surface area (Å²) in [4.78, 5) is 4.52. The lowest BCUT2D eigenvalue weighted by Crippen LogP contribution is -2.38. The zero-order valence-electron chi connectivity index (χ0n) is 14.9. The summed E-state index contributed by atoms with van der Waals surface area (Å²) < 4.78 is 10.7. The number of hydrogen-bond acceptors (Lipinski definition) is 3. The van der Waals surface area contributed by atoms with Gasteiger partial charge in [-0.15, -0.1) is 0 Å². The zero-order chi connectivity index (χ0) is 16.9. The first-order valence-corrected chi connectivity index (χ1v) is 8.38. The first-order valence-electron chi connectivity index (χ1n) is 8.38.